The third-order valence-corrected chi connectivity index (χ3v) is 3.66. The Morgan fingerprint density at radius 1 is 1.20 bits per heavy atom. The van der Waals surface area contributed by atoms with Gasteiger partial charge in [0.15, 0.2) is 0 Å². The number of nitrogens with zero attached hydrogens (tertiary/aromatic N) is 3. The van der Waals surface area contributed by atoms with Crippen molar-refractivity contribution < 1.29 is 14.3 Å². The fourth-order valence-electron chi connectivity index (χ4n) is 2.52. The minimum Gasteiger partial charge on any atom is -0.461 e. The fourth-order valence-corrected chi connectivity index (χ4v) is 2.52. The van der Waals surface area contributed by atoms with Gasteiger partial charge in [-0.15, -0.1) is 0 Å². The third kappa shape index (κ3) is 3.82. The number of para-hydroxylation sites is 1. The standard InChI is InChI=1S/C18H18N4O3/c1-2-25-18(24)14-12-15(17(23)20-16-10-6-7-11-19-16)22(21-14)13-8-4-3-5-9-13/h3-11,15H,2,12H2,1H3,(H,19,20,23)/t15-/m0/s1. The number of amides is 1. The molecule has 0 spiro atoms. The van der Waals surface area contributed by atoms with E-state index in [4.69, 9.17) is 4.74 Å². The predicted molar refractivity (Wildman–Crippen MR) is 94.3 cm³/mol. The first-order valence-electron chi connectivity index (χ1n) is 8.00. The third-order valence-electron chi connectivity index (χ3n) is 3.66. The molecule has 1 aliphatic rings. The van der Waals surface area contributed by atoms with E-state index in [0.717, 1.165) is 5.69 Å². The van der Waals surface area contributed by atoms with Crippen molar-refractivity contribution in [3.05, 3.63) is 54.7 Å². The van der Waals surface area contributed by atoms with Gasteiger partial charge < -0.3 is 10.1 Å². The minimum absolute atomic E-state index is 0.173. The van der Waals surface area contributed by atoms with Crippen LogP contribution in [-0.2, 0) is 14.3 Å². The fraction of sp³-hybridized carbons (Fsp3) is 0.222. The van der Waals surface area contributed by atoms with Crippen molar-refractivity contribution in [2.45, 2.75) is 19.4 Å². The summed E-state index contributed by atoms with van der Waals surface area (Å²) in [5.41, 5.74) is 0.954. The Bertz CT molecular complexity index is 777. The van der Waals surface area contributed by atoms with Crippen LogP contribution in [0.2, 0.25) is 0 Å². The molecule has 1 aromatic carbocycles. The van der Waals surface area contributed by atoms with E-state index in [0.29, 0.717) is 5.82 Å². The highest BCUT2D eigenvalue weighted by molar-refractivity contribution is 6.38. The lowest BCUT2D eigenvalue weighted by Gasteiger charge is -2.22. The van der Waals surface area contributed by atoms with E-state index in [-0.39, 0.29) is 24.6 Å². The topological polar surface area (TPSA) is 83.9 Å². The molecule has 0 fully saturated rings. The Morgan fingerprint density at radius 2 is 1.96 bits per heavy atom. The van der Waals surface area contributed by atoms with Crippen molar-refractivity contribution in [2.75, 3.05) is 16.9 Å². The van der Waals surface area contributed by atoms with Gasteiger partial charge in [-0.05, 0) is 31.2 Å². The van der Waals surface area contributed by atoms with Crippen molar-refractivity contribution in [1.29, 1.82) is 0 Å². The van der Waals surface area contributed by atoms with Crippen LogP contribution in [0.3, 0.4) is 0 Å². The highest BCUT2D eigenvalue weighted by atomic mass is 16.5. The Morgan fingerprint density at radius 3 is 2.64 bits per heavy atom. The van der Waals surface area contributed by atoms with Crippen molar-refractivity contribution in [1.82, 2.24) is 4.98 Å². The molecule has 7 nitrogen and oxygen atoms in total. The number of ether oxygens (including phenoxy) is 1. The van der Waals surface area contributed by atoms with Gasteiger partial charge in [-0.3, -0.25) is 9.80 Å². The summed E-state index contributed by atoms with van der Waals surface area (Å²) >= 11 is 0. The lowest BCUT2D eigenvalue weighted by Crippen LogP contribution is -2.39. The summed E-state index contributed by atoms with van der Waals surface area (Å²) in [6.07, 6.45) is 1.77. The van der Waals surface area contributed by atoms with Gasteiger partial charge in [0.25, 0.3) is 5.91 Å². The van der Waals surface area contributed by atoms with Crippen molar-refractivity contribution in [3.63, 3.8) is 0 Å². The van der Waals surface area contributed by atoms with Crippen LogP contribution >= 0.6 is 0 Å². The van der Waals surface area contributed by atoms with Gasteiger partial charge in [-0.25, -0.2) is 9.78 Å². The van der Waals surface area contributed by atoms with Gasteiger partial charge in [-0.2, -0.15) is 5.10 Å². The van der Waals surface area contributed by atoms with Crippen molar-refractivity contribution in [3.8, 4) is 0 Å². The lowest BCUT2D eigenvalue weighted by molar-refractivity contribution is -0.135. The van der Waals surface area contributed by atoms with Crippen LogP contribution < -0.4 is 10.3 Å². The average molecular weight is 338 g/mol. The second-order valence-electron chi connectivity index (χ2n) is 5.37. The number of carbonyl (C=O) groups is 2. The number of hydrogen-bond donors (Lipinski definition) is 1. The van der Waals surface area contributed by atoms with Gasteiger partial charge in [0.2, 0.25) is 0 Å². The number of aromatic nitrogens is 1. The van der Waals surface area contributed by atoms with Crippen LogP contribution in [0.1, 0.15) is 13.3 Å². The molecule has 2 aromatic rings. The first-order valence-corrected chi connectivity index (χ1v) is 8.00. The molecular formula is C18H18N4O3. The average Bonchev–Trinajstić information content (AvgIpc) is 3.09. The molecule has 128 valence electrons. The second kappa shape index (κ2) is 7.57. The van der Waals surface area contributed by atoms with E-state index in [1.165, 1.54) is 0 Å². The van der Waals surface area contributed by atoms with E-state index in [2.05, 4.69) is 15.4 Å². The summed E-state index contributed by atoms with van der Waals surface area (Å²) in [5, 5.41) is 8.62. The molecule has 1 aromatic heterocycles. The summed E-state index contributed by atoms with van der Waals surface area (Å²) in [7, 11) is 0. The van der Waals surface area contributed by atoms with Crippen LogP contribution in [0.5, 0.6) is 0 Å². The van der Waals surface area contributed by atoms with Gasteiger partial charge >= 0.3 is 5.97 Å². The molecule has 1 N–H and O–H groups in total. The minimum atomic E-state index is -0.649. The monoisotopic (exact) mass is 338 g/mol. The van der Waals surface area contributed by atoms with Crippen LogP contribution in [0, 0.1) is 0 Å². The highest BCUT2D eigenvalue weighted by Crippen LogP contribution is 2.25. The zero-order valence-electron chi connectivity index (χ0n) is 13.8. The Hall–Kier alpha value is -3.22. The molecule has 7 heteroatoms. The first kappa shape index (κ1) is 16.6. The van der Waals surface area contributed by atoms with Gasteiger partial charge in [0.05, 0.1) is 12.3 Å². The van der Waals surface area contributed by atoms with E-state index in [1.54, 1.807) is 36.3 Å². The molecule has 1 atom stereocenters. The summed E-state index contributed by atoms with van der Waals surface area (Å²) in [5.74, 6) is -0.340. The normalized spacial score (nSPS) is 16.3. The molecule has 0 saturated carbocycles. The maximum atomic E-state index is 12.7. The molecular weight excluding hydrogens is 320 g/mol. The largest absolute Gasteiger partial charge is 0.461 e. The van der Waals surface area contributed by atoms with E-state index < -0.39 is 12.0 Å². The molecule has 0 saturated heterocycles. The molecule has 3 rings (SSSR count). The van der Waals surface area contributed by atoms with Crippen molar-refractivity contribution >= 4 is 29.1 Å². The molecule has 1 aliphatic heterocycles. The first-order chi connectivity index (χ1) is 12.2. The van der Waals surface area contributed by atoms with Gasteiger partial charge in [-0.1, -0.05) is 24.3 Å². The van der Waals surface area contributed by atoms with Gasteiger partial charge in [0, 0.05) is 12.6 Å². The van der Waals surface area contributed by atoms with Crippen LogP contribution in [0.25, 0.3) is 0 Å². The zero-order valence-corrected chi connectivity index (χ0v) is 13.8. The smallest absolute Gasteiger partial charge is 0.354 e. The number of nitrogens with one attached hydrogen (secondary N) is 1. The molecule has 25 heavy (non-hydrogen) atoms. The van der Waals surface area contributed by atoms with Crippen molar-refractivity contribution in [2.24, 2.45) is 5.10 Å². The summed E-state index contributed by atoms with van der Waals surface area (Å²) in [6, 6.07) is 13.8. The van der Waals surface area contributed by atoms with E-state index in [9.17, 15) is 9.59 Å². The SMILES string of the molecule is CCOC(=O)C1=NN(c2ccccc2)[C@H](C(=O)Nc2ccccn2)C1. The number of carbonyl (C=O) groups excluding carboxylic acids is 2. The second-order valence-corrected chi connectivity index (χ2v) is 5.37. The number of hydrazone groups is 1. The van der Waals surface area contributed by atoms with Crippen LogP contribution in [-0.4, -0.2) is 35.2 Å². The number of anilines is 2. The molecule has 0 unspecified atom stereocenters. The summed E-state index contributed by atoms with van der Waals surface area (Å²) < 4.78 is 5.02. The molecule has 0 bridgehead atoms. The van der Waals surface area contributed by atoms with Gasteiger partial charge in [0.1, 0.15) is 17.6 Å². The van der Waals surface area contributed by atoms with Crippen LogP contribution in [0.15, 0.2) is 59.8 Å². The number of pyridine rings is 1. The highest BCUT2D eigenvalue weighted by Gasteiger charge is 2.36. The van der Waals surface area contributed by atoms with E-state index in [1.807, 2.05) is 30.3 Å². The molecule has 2 heterocycles. The molecule has 0 radical (unpaired) electrons. The lowest BCUT2D eigenvalue weighted by atomic mass is 10.1. The molecule has 0 aliphatic carbocycles. The number of benzene rings is 1. The van der Waals surface area contributed by atoms with E-state index >= 15 is 0 Å². The Kier molecular flexibility index (Phi) is 5.03. The van der Waals surface area contributed by atoms with Crippen LogP contribution in [0.4, 0.5) is 11.5 Å². The Labute approximate surface area is 145 Å². The predicted octanol–water partition coefficient (Wildman–Crippen LogP) is 2.22. The molecule has 1 amide bonds. The summed E-state index contributed by atoms with van der Waals surface area (Å²) in [6.45, 7) is 1.99. The maximum absolute atomic E-state index is 12.7. The summed E-state index contributed by atoms with van der Waals surface area (Å²) in [4.78, 5) is 28.8. The zero-order chi connectivity index (χ0) is 17.6. The maximum Gasteiger partial charge on any atom is 0.354 e. The number of hydrogen-bond acceptors (Lipinski definition) is 6. The number of rotatable bonds is 5. The quantitative estimate of drug-likeness (QED) is 0.845. The Balaban J connectivity index is 1.83. The number of esters is 1.